The lowest BCUT2D eigenvalue weighted by Crippen LogP contribution is -2.10. The summed E-state index contributed by atoms with van der Waals surface area (Å²) in [4.78, 5) is 15.9. The molecular formula is C15H13N3O2. The lowest BCUT2D eigenvalue weighted by molar-refractivity contribution is 0.0473. The molecule has 0 bridgehead atoms. The number of pyridine rings is 1. The summed E-state index contributed by atoms with van der Waals surface area (Å²) in [5.41, 5.74) is 8.21. The summed E-state index contributed by atoms with van der Waals surface area (Å²) in [7, 11) is 0. The van der Waals surface area contributed by atoms with Crippen molar-refractivity contribution in [1.29, 1.82) is 5.26 Å². The van der Waals surface area contributed by atoms with Gasteiger partial charge in [-0.1, -0.05) is 18.2 Å². The predicted molar refractivity (Wildman–Crippen MR) is 73.7 cm³/mol. The number of aromatic nitrogens is 1. The van der Waals surface area contributed by atoms with Crippen molar-refractivity contribution >= 4 is 11.7 Å². The molecule has 2 aromatic rings. The van der Waals surface area contributed by atoms with E-state index < -0.39 is 5.97 Å². The van der Waals surface area contributed by atoms with Gasteiger partial charge in [0.2, 0.25) is 0 Å². The van der Waals surface area contributed by atoms with Crippen LogP contribution in [-0.4, -0.2) is 11.0 Å². The lowest BCUT2D eigenvalue weighted by atomic mass is 10.1. The Balaban J connectivity index is 2.13. The van der Waals surface area contributed by atoms with Crippen molar-refractivity contribution in [3.63, 3.8) is 0 Å². The predicted octanol–water partition coefficient (Wildman–Crippen LogP) is 2.20. The molecule has 0 amide bonds. The van der Waals surface area contributed by atoms with E-state index in [4.69, 9.17) is 15.7 Å². The molecular weight excluding hydrogens is 254 g/mol. The average molecular weight is 267 g/mol. The van der Waals surface area contributed by atoms with Crippen LogP contribution in [0.1, 0.15) is 27.2 Å². The Morgan fingerprint density at radius 3 is 2.95 bits per heavy atom. The topological polar surface area (TPSA) is 89.0 Å². The van der Waals surface area contributed by atoms with Crippen molar-refractivity contribution < 1.29 is 9.53 Å². The van der Waals surface area contributed by atoms with Crippen molar-refractivity contribution in [2.45, 2.75) is 13.5 Å². The fourth-order valence-electron chi connectivity index (χ4n) is 1.74. The molecule has 0 aliphatic heterocycles. The molecule has 100 valence electrons. The summed E-state index contributed by atoms with van der Waals surface area (Å²) >= 11 is 0. The smallest absolute Gasteiger partial charge is 0.340 e. The minimum atomic E-state index is -0.515. The van der Waals surface area contributed by atoms with Gasteiger partial charge in [0.15, 0.2) is 0 Å². The molecule has 2 rings (SSSR count). The molecule has 1 heterocycles. The van der Waals surface area contributed by atoms with Crippen LogP contribution in [0.25, 0.3) is 0 Å². The van der Waals surface area contributed by atoms with E-state index in [9.17, 15) is 4.79 Å². The molecule has 0 radical (unpaired) electrons. The van der Waals surface area contributed by atoms with Crippen molar-refractivity contribution in [1.82, 2.24) is 4.98 Å². The van der Waals surface area contributed by atoms with Gasteiger partial charge < -0.3 is 10.5 Å². The van der Waals surface area contributed by atoms with Crippen LogP contribution < -0.4 is 5.73 Å². The van der Waals surface area contributed by atoms with Crippen molar-refractivity contribution in [2.24, 2.45) is 0 Å². The van der Waals surface area contributed by atoms with Gasteiger partial charge in [-0.15, -0.1) is 0 Å². The largest absolute Gasteiger partial charge is 0.457 e. The number of rotatable bonds is 3. The molecule has 0 aliphatic carbocycles. The van der Waals surface area contributed by atoms with Crippen molar-refractivity contribution in [2.75, 3.05) is 5.73 Å². The van der Waals surface area contributed by atoms with Gasteiger partial charge in [-0.3, -0.25) is 0 Å². The van der Waals surface area contributed by atoms with E-state index in [1.807, 2.05) is 19.1 Å². The van der Waals surface area contributed by atoms with Gasteiger partial charge in [-0.2, -0.15) is 5.26 Å². The molecule has 1 aromatic heterocycles. The third-order valence-electron chi connectivity index (χ3n) is 2.90. The van der Waals surface area contributed by atoms with E-state index in [1.165, 1.54) is 6.20 Å². The second-order valence-corrected chi connectivity index (χ2v) is 4.24. The molecule has 1 aromatic carbocycles. The van der Waals surface area contributed by atoms with Gasteiger partial charge >= 0.3 is 5.97 Å². The molecule has 20 heavy (non-hydrogen) atoms. The second-order valence-electron chi connectivity index (χ2n) is 4.24. The molecule has 5 nitrogen and oxygen atoms in total. The highest BCUT2D eigenvalue weighted by atomic mass is 16.5. The monoisotopic (exact) mass is 267 g/mol. The molecule has 0 atom stereocenters. The first-order valence-corrected chi connectivity index (χ1v) is 5.99. The number of benzene rings is 1. The molecule has 0 saturated heterocycles. The number of nitriles is 1. The summed E-state index contributed by atoms with van der Waals surface area (Å²) in [6, 6.07) is 10.5. The molecule has 0 aliphatic rings. The SMILES string of the molecule is Cc1cccc(C(=O)OCc2cccnc2C#N)c1N. The van der Waals surface area contributed by atoms with Crippen molar-refractivity contribution in [3.8, 4) is 6.07 Å². The normalized spacial score (nSPS) is 9.80. The standard InChI is InChI=1S/C15H13N3O2/c1-10-4-2-6-12(14(10)17)15(19)20-9-11-5-3-7-18-13(11)8-16/h2-7H,9,17H2,1H3. The Morgan fingerprint density at radius 2 is 2.20 bits per heavy atom. The molecule has 5 heteroatoms. The van der Waals surface area contributed by atoms with Gasteiger partial charge in [-0.05, 0) is 24.6 Å². The number of anilines is 1. The first kappa shape index (κ1) is 13.6. The first-order valence-electron chi connectivity index (χ1n) is 5.99. The highest BCUT2D eigenvalue weighted by Gasteiger charge is 2.13. The van der Waals surface area contributed by atoms with Crippen LogP contribution in [0.5, 0.6) is 0 Å². The summed E-state index contributed by atoms with van der Waals surface area (Å²) in [5, 5.41) is 8.91. The lowest BCUT2D eigenvalue weighted by Gasteiger charge is -2.09. The van der Waals surface area contributed by atoms with Gasteiger partial charge in [0.05, 0.1) is 5.56 Å². The zero-order chi connectivity index (χ0) is 14.5. The molecule has 0 spiro atoms. The van der Waals surface area contributed by atoms with E-state index in [2.05, 4.69) is 4.98 Å². The Bertz CT molecular complexity index is 690. The van der Waals surface area contributed by atoms with E-state index in [1.54, 1.807) is 24.3 Å². The van der Waals surface area contributed by atoms with Crippen LogP contribution in [0.3, 0.4) is 0 Å². The number of ether oxygens (including phenoxy) is 1. The number of carbonyl (C=O) groups excluding carboxylic acids is 1. The maximum absolute atomic E-state index is 12.0. The number of esters is 1. The summed E-state index contributed by atoms with van der Waals surface area (Å²) < 4.78 is 5.18. The number of para-hydroxylation sites is 1. The van der Waals surface area contributed by atoms with Gasteiger partial charge in [0, 0.05) is 17.4 Å². The van der Waals surface area contributed by atoms with Crippen LogP contribution in [0.4, 0.5) is 5.69 Å². The third kappa shape index (κ3) is 2.75. The van der Waals surface area contributed by atoms with Crippen LogP contribution in [0.2, 0.25) is 0 Å². The Hall–Kier alpha value is -2.87. The third-order valence-corrected chi connectivity index (χ3v) is 2.90. The van der Waals surface area contributed by atoms with Gasteiger partial charge in [0.1, 0.15) is 18.4 Å². The Kier molecular flexibility index (Phi) is 3.96. The number of nitrogens with zero attached hydrogens (tertiary/aromatic N) is 2. The van der Waals surface area contributed by atoms with Crippen molar-refractivity contribution in [3.05, 3.63) is 58.9 Å². The zero-order valence-corrected chi connectivity index (χ0v) is 11.0. The van der Waals surface area contributed by atoms with E-state index >= 15 is 0 Å². The molecule has 0 saturated carbocycles. The van der Waals surface area contributed by atoms with E-state index in [0.29, 0.717) is 16.8 Å². The number of aryl methyl sites for hydroxylation is 1. The number of hydrogen-bond acceptors (Lipinski definition) is 5. The second kappa shape index (κ2) is 5.85. The van der Waals surface area contributed by atoms with Crippen LogP contribution in [0.15, 0.2) is 36.5 Å². The van der Waals surface area contributed by atoms with Crippen LogP contribution in [-0.2, 0) is 11.3 Å². The molecule has 0 fully saturated rings. The fourth-order valence-corrected chi connectivity index (χ4v) is 1.74. The highest BCUT2D eigenvalue weighted by Crippen LogP contribution is 2.18. The number of nitrogens with two attached hydrogens (primary N) is 1. The van der Waals surface area contributed by atoms with Crippen LogP contribution >= 0.6 is 0 Å². The van der Waals surface area contributed by atoms with Gasteiger partial charge in [0.25, 0.3) is 0 Å². The number of carbonyl (C=O) groups is 1. The van der Waals surface area contributed by atoms with Crippen LogP contribution in [0, 0.1) is 18.3 Å². The van der Waals surface area contributed by atoms with E-state index in [-0.39, 0.29) is 12.3 Å². The minimum Gasteiger partial charge on any atom is -0.457 e. The summed E-state index contributed by atoms with van der Waals surface area (Å²) in [5.74, 6) is -0.515. The highest BCUT2D eigenvalue weighted by molar-refractivity contribution is 5.95. The molecule has 0 unspecified atom stereocenters. The summed E-state index contributed by atoms with van der Waals surface area (Å²) in [6.07, 6.45) is 1.52. The minimum absolute atomic E-state index is 0.0110. The Morgan fingerprint density at radius 1 is 1.40 bits per heavy atom. The maximum atomic E-state index is 12.0. The quantitative estimate of drug-likeness (QED) is 0.680. The van der Waals surface area contributed by atoms with Gasteiger partial charge in [-0.25, -0.2) is 9.78 Å². The van der Waals surface area contributed by atoms with E-state index in [0.717, 1.165) is 5.56 Å². The average Bonchev–Trinajstić information content (AvgIpc) is 2.48. The maximum Gasteiger partial charge on any atom is 0.340 e. The number of nitrogen functional groups attached to an aromatic ring is 1. The molecule has 2 N–H and O–H groups in total. The Labute approximate surface area is 116 Å². The first-order chi connectivity index (χ1) is 9.63. The number of hydrogen-bond donors (Lipinski definition) is 1. The zero-order valence-electron chi connectivity index (χ0n) is 11.0. The summed E-state index contributed by atoms with van der Waals surface area (Å²) in [6.45, 7) is 1.81. The fraction of sp³-hybridized carbons (Fsp3) is 0.133.